The number of nitrogen functional groups attached to an aromatic ring is 1. The molecule has 6 nitrogen and oxygen atoms in total. The monoisotopic (exact) mass is 367 g/mol. The first-order chi connectivity index (χ1) is 13.0. The Labute approximate surface area is 160 Å². The Morgan fingerprint density at radius 3 is 2.48 bits per heavy atom. The summed E-state index contributed by atoms with van der Waals surface area (Å²) in [4.78, 5) is 12.9. The highest BCUT2D eigenvalue weighted by atomic mass is 16.1. The predicted octanol–water partition coefficient (Wildman–Crippen LogP) is 3.81. The molecular formula is C21H29N5O. The number of nitrogens with one attached hydrogen (secondary N) is 3. The van der Waals surface area contributed by atoms with Crippen LogP contribution in [0.2, 0.25) is 0 Å². The van der Waals surface area contributed by atoms with E-state index in [1.807, 2.05) is 30.3 Å². The summed E-state index contributed by atoms with van der Waals surface area (Å²) in [6.07, 6.45) is 6.71. The quantitative estimate of drug-likeness (QED) is 0.443. The van der Waals surface area contributed by atoms with Crippen LogP contribution in [0.4, 0.5) is 5.69 Å². The minimum atomic E-state index is -0.239. The molecule has 0 saturated heterocycles. The van der Waals surface area contributed by atoms with Crippen molar-refractivity contribution < 1.29 is 4.79 Å². The number of rotatable bonds is 7. The number of amides is 1. The molecular weight excluding hydrogens is 338 g/mol. The van der Waals surface area contributed by atoms with Gasteiger partial charge in [0.15, 0.2) is 0 Å². The van der Waals surface area contributed by atoms with Crippen LogP contribution in [-0.4, -0.2) is 23.5 Å². The number of aryl methyl sites for hydroxylation is 1. The van der Waals surface area contributed by atoms with Gasteiger partial charge in [-0.1, -0.05) is 38.3 Å². The maximum Gasteiger partial charge on any atom is 0.258 e. The van der Waals surface area contributed by atoms with Crippen LogP contribution in [0.15, 0.2) is 30.3 Å². The summed E-state index contributed by atoms with van der Waals surface area (Å²) in [6.45, 7) is 2.15. The molecule has 144 valence electrons. The predicted molar refractivity (Wildman–Crippen MR) is 110 cm³/mol. The van der Waals surface area contributed by atoms with Gasteiger partial charge >= 0.3 is 0 Å². The number of carbonyl (C=O) groups excluding carboxylic acids is 1. The summed E-state index contributed by atoms with van der Waals surface area (Å²) < 4.78 is 1.80. The third-order valence-electron chi connectivity index (χ3n) is 5.28. The van der Waals surface area contributed by atoms with Crippen LogP contribution in [-0.2, 0) is 6.42 Å². The third-order valence-corrected chi connectivity index (χ3v) is 5.28. The fraction of sp³-hybridized carbons (Fsp3) is 0.429. The second-order valence-electron chi connectivity index (χ2n) is 7.19. The zero-order valence-electron chi connectivity index (χ0n) is 16.1. The van der Waals surface area contributed by atoms with Crippen LogP contribution in [0.3, 0.4) is 0 Å². The first-order valence-electron chi connectivity index (χ1n) is 9.73. The van der Waals surface area contributed by atoms with Crippen molar-refractivity contribution in [1.82, 2.24) is 4.68 Å². The summed E-state index contributed by atoms with van der Waals surface area (Å²) in [6, 6.07) is 9.80. The van der Waals surface area contributed by atoms with E-state index in [9.17, 15) is 4.79 Å². The SMILES string of the molecule is CCCc1ccc(NC(=O)c2cc(C3CCCC3)n(NC)c2C(=N)N)cc1. The molecule has 0 aliphatic heterocycles. The molecule has 3 rings (SSSR count). The lowest BCUT2D eigenvalue weighted by atomic mass is 10.0. The molecule has 2 aromatic rings. The molecule has 1 fully saturated rings. The van der Waals surface area contributed by atoms with Crippen LogP contribution in [0.25, 0.3) is 0 Å². The number of benzene rings is 1. The van der Waals surface area contributed by atoms with E-state index in [0.29, 0.717) is 17.2 Å². The van der Waals surface area contributed by atoms with Crippen LogP contribution in [0.5, 0.6) is 0 Å². The van der Waals surface area contributed by atoms with E-state index in [-0.39, 0.29) is 11.7 Å². The molecule has 0 bridgehead atoms. The molecule has 0 atom stereocenters. The molecule has 1 aromatic carbocycles. The molecule has 1 amide bonds. The lowest BCUT2D eigenvalue weighted by Crippen LogP contribution is -2.26. The summed E-state index contributed by atoms with van der Waals surface area (Å²) in [5, 5.41) is 10.9. The highest BCUT2D eigenvalue weighted by molar-refractivity contribution is 6.12. The standard InChI is InChI=1S/C21H29N5O/c1-3-6-14-9-11-16(12-10-14)25-21(27)17-13-18(15-7-4-5-8-15)26(24-2)19(17)20(22)23/h9-13,15,24H,3-8H2,1-2H3,(H3,22,23)(H,25,27). The number of anilines is 1. The van der Waals surface area contributed by atoms with E-state index in [2.05, 4.69) is 17.7 Å². The average Bonchev–Trinajstić information content (AvgIpc) is 3.30. The maximum absolute atomic E-state index is 12.9. The molecule has 1 aliphatic carbocycles. The zero-order chi connectivity index (χ0) is 19.4. The van der Waals surface area contributed by atoms with Crippen molar-refractivity contribution in [3.05, 3.63) is 52.8 Å². The minimum absolute atomic E-state index is 0.114. The Morgan fingerprint density at radius 1 is 1.26 bits per heavy atom. The van der Waals surface area contributed by atoms with E-state index < -0.39 is 0 Å². The van der Waals surface area contributed by atoms with Gasteiger partial charge in [-0.25, -0.2) is 0 Å². The highest BCUT2D eigenvalue weighted by Gasteiger charge is 2.28. The normalized spacial score (nSPS) is 14.3. The summed E-state index contributed by atoms with van der Waals surface area (Å²) in [5.74, 6) is 0.0409. The summed E-state index contributed by atoms with van der Waals surface area (Å²) in [7, 11) is 1.79. The number of carbonyl (C=O) groups is 1. The summed E-state index contributed by atoms with van der Waals surface area (Å²) in [5.41, 5.74) is 12.8. The van der Waals surface area contributed by atoms with Gasteiger partial charge in [0.1, 0.15) is 11.5 Å². The summed E-state index contributed by atoms with van der Waals surface area (Å²) >= 11 is 0. The Hall–Kier alpha value is -2.76. The van der Waals surface area contributed by atoms with Crippen LogP contribution in [0.1, 0.15) is 72.3 Å². The highest BCUT2D eigenvalue weighted by Crippen LogP contribution is 2.36. The fourth-order valence-electron chi connectivity index (χ4n) is 3.97. The smallest absolute Gasteiger partial charge is 0.258 e. The minimum Gasteiger partial charge on any atom is -0.382 e. The lowest BCUT2D eigenvalue weighted by molar-refractivity contribution is 0.102. The van der Waals surface area contributed by atoms with E-state index in [1.165, 1.54) is 18.4 Å². The molecule has 6 heteroatoms. The first-order valence-corrected chi connectivity index (χ1v) is 9.73. The van der Waals surface area contributed by atoms with Crippen molar-refractivity contribution in [3.63, 3.8) is 0 Å². The van der Waals surface area contributed by atoms with Gasteiger partial charge in [0.05, 0.1) is 5.56 Å². The second kappa shape index (κ2) is 8.29. The van der Waals surface area contributed by atoms with Crippen molar-refractivity contribution in [2.45, 2.75) is 51.4 Å². The number of nitrogens with zero attached hydrogens (tertiary/aromatic N) is 1. The molecule has 1 aliphatic rings. The molecule has 0 spiro atoms. The van der Waals surface area contributed by atoms with Gasteiger partial charge in [-0.3, -0.25) is 14.9 Å². The van der Waals surface area contributed by atoms with E-state index in [0.717, 1.165) is 37.1 Å². The van der Waals surface area contributed by atoms with Crippen LogP contribution < -0.4 is 16.5 Å². The molecule has 0 radical (unpaired) electrons. The average molecular weight is 367 g/mol. The number of amidine groups is 1. The molecule has 5 N–H and O–H groups in total. The number of nitrogens with two attached hydrogens (primary N) is 1. The largest absolute Gasteiger partial charge is 0.382 e. The topological polar surface area (TPSA) is 95.9 Å². The Balaban J connectivity index is 1.89. The van der Waals surface area contributed by atoms with Crippen molar-refractivity contribution in [1.29, 1.82) is 5.41 Å². The van der Waals surface area contributed by atoms with Crippen molar-refractivity contribution >= 4 is 17.4 Å². The van der Waals surface area contributed by atoms with Gasteiger partial charge in [-0.2, -0.15) is 0 Å². The fourth-order valence-corrected chi connectivity index (χ4v) is 3.97. The number of aromatic nitrogens is 1. The van der Waals surface area contributed by atoms with Gasteiger partial charge < -0.3 is 16.5 Å². The Morgan fingerprint density at radius 2 is 1.93 bits per heavy atom. The molecule has 0 unspecified atom stereocenters. The van der Waals surface area contributed by atoms with Gasteiger partial charge in [0.25, 0.3) is 5.91 Å². The van der Waals surface area contributed by atoms with Crippen LogP contribution >= 0.6 is 0 Å². The number of hydrogen-bond acceptors (Lipinski definition) is 3. The Kier molecular flexibility index (Phi) is 5.84. The molecule has 1 aromatic heterocycles. The van der Waals surface area contributed by atoms with Crippen molar-refractivity contribution in [3.8, 4) is 0 Å². The zero-order valence-corrected chi connectivity index (χ0v) is 16.1. The molecule has 1 saturated carbocycles. The van der Waals surface area contributed by atoms with Crippen LogP contribution in [0, 0.1) is 5.41 Å². The Bertz CT molecular complexity index is 816. The first kappa shape index (κ1) is 19.0. The second-order valence-corrected chi connectivity index (χ2v) is 7.19. The van der Waals surface area contributed by atoms with E-state index >= 15 is 0 Å². The molecule has 1 heterocycles. The van der Waals surface area contributed by atoms with Gasteiger partial charge in [-0.15, -0.1) is 0 Å². The van der Waals surface area contributed by atoms with Gasteiger partial charge in [-0.05, 0) is 43.0 Å². The van der Waals surface area contributed by atoms with Crippen molar-refractivity contribution in [2.24, 2.45) is 5.73 Å². The van der Waals surface area contributed by atoms with E-state index in [4.69, 9.17) is 11.1 Å². The van der Waals surface area contributed by atoms with Gasteiger partial charge in [0, 0.05) is 24.3 Å². The van der Waals surface area contributed by atoms with Gasteiger partial charge in [0.2, 0.25) is 0 Å². The molecule has 27 heavy (non-hydrogen) atoms. The van der Waals surface area contributed by atoms with Crippen molar-refractivity contribution in [2.75, 3.05) is 17.8 Å². The lowest BCUT2D eigenvalue weighted by Gasteiger charge is -2.16. The maximum atomic E-state index is 12.9. The number of hydrogen-bond donors (Lipinski definition) is 4. The third kappa shape index (κ3) is 3.99. The van der Waals surface area contributed by atoms with E-state index in [1.54, 1.807) is 11.7 Å².